The van der Waals surface area contributed by atoms with Gasteiger partial charge in [0.15, 0.2) is 0 Å². The van der Waals surface area contributed by atoms with E-state index in [1.165, 1.54) is 7.05 Å². The highest BCUT2D eigenvalue weighted by atomic mass is 32.2. The number of carbonyl (C=O) groups excluding carboxylic acids is 1. The van der Waals surface area contributed by atoms with Crippen LogP contribution in [-0.4, -0.2) is 43.8 Å². The zero-order valence-electron chi connectivity index (χ0n) is 15.9. The Morgan fingerprint density at radius 1 is 1.07 bits per heavy atom. The monoisotopic (exact) mass is 397 g/mol. The van der Waals surface area contributed by atoms with Crippen molar-refractivity contribution in [2.24, 2.45) is 0 Å². The molecule has 0 spiro atoms. The van der Waals surface area contributed by atoms with Crippen molar-refractivity contribution in [3.8, 4) is 0 Å². The van der Waals surface area contributed by atoms with Crippen molar-refractivity contribution in [1.82, 2.24) is 14.6 Å². The van der Waals surface area contributed by atoms with E-state index in [1.807, 2.05) is 37.3 Å². The molecule has 0 aliphatic carbocycles. The number of carbonyl (C=O) groups is 1. The molecular formula is C21H23N3O3S. The molecule has 1 amide bonds. The highest BCUT2D eigenvalue weighted by Crippen LogP contribution is 2.16. The van der Waals surface area contributed by atoms with Crippen molar-refractivity contribution in [1.29, 1.82) is 0 Å². The number of sulfonamides is 1. The summed E-state index contributed by atoms with van der Waals surface area (Å²) >= 11 is 0. The summed E-state index contributed by atoms with van der Waals surface area (Å²) in [6.45, 7) is 2.07. The minimum Gasteiger partial charge on any atom is -0.355 e. The van der Waals surface area contributed by atoms with Gasteiger partial charge in [-0.2, -0.15) is 4.31 Å². The number of nitrogens with zero attached hydrogens (tertiary/aromatic N) is 2. The van der Waals surface area contributed by atoms with Gasteiger partial charge in [-0.15, -0.1) is 0 Å². The van der Waals surface area contributed by atoms with Gasteiger partial charge in [0.2, 0.25) is 15.9 Å². The normalized spacial score (nSPS) is 11.7. The molecule has 0 saturated carbocycles. The van der Waals surface area contributed by atoms with E-state index in [0.717, 1.165) is 26.3 Å². The van der Waals surface area contributed by atoms with Crippen LogP contribution in [0.15, 0.2) is 65.7 Å². The number of likely N-dealkylation sites (N-methyl/N-ethyl adjacent to an activating group) is 1. The summed E-state index contributed by atoms with van der Waals surface area (Å²) in [5.41, 5.74) is 2.93. The van der Waals surface area contributed by atoms with Crippen molar-refractivity contribution >= 4 is 26.8 Å². The fourth-order valence-electron chi connectivity index (χ4n) is 2.94. The molecular weight excluding hydrogens is 374 g/mol. The minimum absolute atomic E-state index is 0.176. The Hall–Kier alpha value is -2.77. The molecule has 0 aliphatic heterocycles. The quantitative estimate of drug-likeness (QED) is 0.664. The smallest absolute Gasteiger partial charge is 0.243 e. The van der Waals surface area contributed by atoms with E-state index in [0.29, 0.717) is 13.0 Å². The maximum absolute atomic E-state index is 12.6. The summed E-state index contributed by atoms with van der Waals surface area (Å²) in [5, 5.41) is 3.84. The molecule has 1 aromatic heterocycles. The number of benzene rings is 2. The fourth-order valence-corrected chi connectivity index (χ4v) is 4.07. The third kappa shape index (κ3) is 4.55. The van der Waals surface area contributed by atoms with Crippen LogP contribution in [0, 0.1) is 6.92 Å². The van der Waals surface area contributed by atoms with E-state index in [2.05, 4.69) is 10.3 Å². The highest BCUT2D eigenvalue weighted by Gasteiger charge is 2.22. The van der Waals surface area contributed by atoms with Gasteiger partial charge in [0.1, 0.15) is 0 Å². The van der Waals surface area contributed by atoms with E-state index in [4.69, 9.17) is 0 Å². The van der Waals surface area contributed by atoms with Crippen LogP contribution < -0.4 is 5.32 Å². The molecule has 7 heteroatoms. The SMILES string of the molecule is Cc1ccc(S(=O)(=O)N(C)CC(=O)NCCc2cccc3cccnc23)cc1. The zero-order valence-corrected chi connectivity index (χ0v) is 16.7. The predicted octanol–water partition coefficient (Wildman–Crippen LogP) is 2.52. The maximum Gasteiger partial charge on any atom is 0.243 e. The van der Waals surface area contributed by atoms with Gasteiger partial charge in [-0.1, -0.05) is 42.0 Å². The van der Waals surface area contributed by atoms with E-state index in [9.17, 15) is 13.2 Å². The second-order valence-electron chi connectivity index (χ2n) is 6.67. The number of aryl methyl sites for hydroxylation is 1. The summed E-state index contributed by atoms with van der Waals surface area (Å²) in [6, 6.07) is 16.4. The van der Waals surface area contributed by atoms with E-state index < -0.39 is 10.0 Å². The third-order valence-corrected chi connectivity index (χ3v) is 6.35. The molecule has 0 unspecified atom stereocenters. The number of fused-ring (bicyclic) bond motifs is 1. The number of para-hydroxylation sites is 1. The molecule has 1 heterocycles. The van der Waals surface area contributed by atoms with Gasteiger partial charge < -0.3 is 5.32 Å². The average Bonchev–Trinajstić information content (AvgIpc) is 2.68. The lowest BCUT2D eigenvalue weighted by atomic mass is 10.1. The Morgan fingerprint density at radius 2 is 1.79 bits per heavy atom. The first-order valence-electron chi connectivity index (χ1n) is 9.00. The number of pyridine rings is 1. The number of hydrogen-bond acceptors (Lipinski definition) is 4. The lowest BCUT2D eigenvalue weighted by Gasteiger charge is -2.17. The Balaban J connectivity index is 1.57. The Morgan fingerprint density at radius 3 is 2.54 bits per heavy atom. The molecule has 6 nitrogen and oxygen atoms in total. The topological polar surface area (TPSA) is 79.4 Å². The van der Waals surface area contributed by atoms with Gasteiger partial charge >= 0.3 is 0 Å². The molecule has 0 bridgehead atoms. The first-order chi connectivity index (χ1) is 13.4. The van der Waals surface area contributed by atoms with Crippen LogP contribution in [0.3, 0.4) is 0 Å². The predicted molar refractivity (Wildman–Crippen MR) is 109 cm³/mol. The summed E-state index contributed by atoms with van der Waals surface area (Å²) in [5.74, 6) is -0.341. The summed E-state index contributed by atoms with van der Waals surface area (Å²) in [4.78, 5) is 16.8. The molecule has 0 fully saturated rings. The lowest BCUT2D eigenvalue weighted by Crippen LogP contribution is -2.39. The molecule has 2 aromatic carbocycles. The van der Waals surface area contributed by atoms with Gasteiger partial charge in [-0.05, 0) is 37.1 Å². The molecule has 0 radical (unpaired) electrons. The Kier molecular flexibility index (Phi) is 6.06. The molecule has 3 aromatic rings. The fraction of sp³-hybridized carbons (Fsp3) is 0.238. The van der Waals surface area contributed by atoms with Crippen molar-refractivity contribution in [2.75, 3.05) is 20.1 Å². The number of aromatic nitrogens is 1. The van der Waals surface area contributed by atoms with Crippen LogP contribution in [-0.2, 0) is 21.2 Å². The van der Waals surface area contributed by atoms with Crippen LogP contribution in [0.2, 0.25) is 0 Å². The van der Waals surface area contributed by atoms with Gasteiger partial charge in [0.25, 0.3) is 0 Å². The van der Waals surface area contributed by atoms with Crippen molar-refractivity contribution in [3.63, 3.8) is 0 Å². The van der Waals surface area contributed by atoms with Gasteiger partial charge in [-0.3, -0.25) is 9.78 Å². The minimum atomic E-state index is -3.69. The third-order valence-electron chi connectivity index (χ3n) is 4.53. The molecule has 0 aliphatic rings. The molecule has 3 rings (SSSR count). The highest BCUT2D eigenvalue weighted by molar-refractivity contribution is 7.89. The molecule has 1 N–H and O–H groups in total. The van der Waals surface area contributed by atoms with Crippen molar-refractivity contribution in [3.05, 3.63) is 71.9 Å². The summed E-state index contributed by atoms with van der Waals surface area (Å²) in [7, 11) is -2.29. The second-order valence-corrected chi connectivity index (χ2v) is 8.71. The van der Waals surface area contributed by atoms with Gasteiger partial charge in [-0.25, -0.2) is 8.42 Å². The number of rotatable bonds is 7. The first-order valence-corrected chi connectivity index (χ1v) is 10.4. The van der Waals surface area contributed by atoms with Crippen molar-refractivity contribution in [2.45, 2.75) is 18.2 Å². The molecule has 28 heavy (non-hydrogen) atoms. The van der Waals surface area contributed by atoms with Crippen LogP contribution >= 0.6 is 0 Å². The largest absolute Gasteiger partial charge is 0.355 e. The zero-order chi connectivity index (χ0) is 20.1. The second kappa shape index (κ2) is 8.50. The molecule has 146 valence electrons. The maximum atomic E-state index is 12.6. The average molecular weight is 398 g/mol. The molecule has 0 atom stereocenters. The van der Waals surface area contributed by atoms with Crippen LogP contribution in [0.25, 0.3) is 10.9 Å². The van der Waals surface area contributed by atoms with Crippen LogP contribution in [0.5, 0.6) is 0 Å². The summed E-state index contributed by atoms with van der Waals surface area (Å²) in [6.07, 6.45) is 2.36. The number of hydrogen-bond donors (Lipinski definition) is 1. The Bertz CT molecular complexity index is 1070. The van der Waals surface area contributed by atoms with E-state index >= 15 is 0 Å². The van der Waals surface area contributed by atoms with Crippen LogP contribution in [0.4, 0.5) is 0 Å². The first kappa shape index (κ1) is 20.0. The van der Waals surface area contributed by atoms with Gasteiger partial charge in [0, 0.05) is 25.2 Å². The standard InChI is InChI=1S/C21H23N3O3S/c1-16-8-10-19(11-9-16)28(26,27)24(2)15-20(25)22-14-12-18-6-3-5-17-7-4-13-23-21(17)18/h3-11,13H,12,14-15H2,1-2H3,(H,22,25). The van der Waals surface area contributed by atoms with Crippen molar-refractivity contribution < 1.29 is 13.2 Å². The Labute approximate surface area is 165 Å². The number of nitrogens with one attached hydrogen (secondary N) is 1. The number of amides is 1. The van der Waals surface area contributed by atoms with Crippen LogP contribution in [0.1, 0.15) is 11.1 Å². The summed E-state index contributed by atoms with van der Waals surface area (Å²) < 4.78 is 26.2. The van der Waals surface area contributed by atoms with E-state index in [-0.39, 0.29) is 17.3 Å². The van der Waals surface area contributed by atoms with E-state index in [1.54, 1.807) is 30.5 Å². The van der Waals surface area contributed by atoms with Gasteiger partial charge in [0.05, 0.1) is 17.0 Å². The lowest BCUT2D eigenvalue weighted by molar-refractivity contribution is -0.121. The molecule has 0 saturated heterocycles.